The lowest BCUT2D eigenvalue weighted by Crippen LogP contribution is -2.37. The molecule has 4 rings (SSSR count). The topological polar surface area (TPSA) is 79.1 Å². The minimum atomic E-state index is -0.105. The quantitative estimate of drug-likeness (QED) is 0.587. The van der Waals surface area contributed by atoms with Crippen LogP contribution in [0.4, 0.5) is 5.69 Å². The smallest absolute Gasteiger partial charge is 0.162 e. The second-order valence-electron chi connectivity index (χ2n) is 8.90. The fourth-order valence-corrected chi connectivity index (χ4v) is 4.76. The molecule has 1 aromatic heterocycles. The number of fused-ring (bicyclic) bond motifs is 1. The molecule has 3 heterocycles. The lowest BCUT2D eigenvalue weighted by Gasteiger charge is -2.36. The molecular weight excluding hydrogens is 406 g/mol. The second-order valence-corrected chi connectivity index (χ2v) is 8.90. The van der Waals surface area contributed by atoms with E-state index in [0.717, 1.165) is 56.4 Å². The molecule has 0 saturated carbocycles. The van der Waals surface area contributed by atoms with Crippen molar-refractivity contribution in [2.24, 2.45) is 17.6 Å². The largest absolute Gasteiger partial charge is 0.493 e. The third-order valence-electron chi connectivity index (χ3n) is 6.84. The van der Waals surface area contributed by atoms with E-state index in [4.69, 9.17) is 24.7 Å². The summed E-state index contributed by atoms with van der Waals surface area (Å²) in [5.74, 6) is 2.69. The summed E-state index contributed by atoms with van der Waals surface area (Å²) in [6.07, 6.45) is 7.34. The van der Waals surface area contributed by atoms with Gasteiger partial charge in [0.2, 0.25) is 0 Å². The second kappa shape index (κ2) is 11.2. The maximum absolute atomic E-state index is 6.07. The van der Waals surface area contributed by atoms with E-state index >= 15 is 0 Å². The minimum Gasteiger partial charge on any atom is -0.493 e. The van der Waals surface area contributed by atoms with E-state index in [2.05, 4.69) is 28.9 Å². The molecule has 176 valence electrons. The standard InChI is InChI=1S/C25H37N3O4/c1-18(17-26)19-7-10-28(11-8-19)22-6-9-27-21-16-23(29-2)24(15-20(21)22)30-13-14-32-25-5-3-4-12-31-25/h6,9,15-16,18-19,25H,3-5,7-8,10-14,17,26H2,1-2H3/t18?,25-/m1/s1. The van der Waals surface area contributed by atoms with Crippen LogP contribution in [0.5, 0.6) is 11.5 Å². The normalized spacial score (nSPS) is 21.0. The number of nitrogens with zero attached hydrogens (tertiary/aromatic N) is 2. The van der Waals surface area contributed by atoms with Gasteiger partial charge >= 0.3 is 0 Å². The van der Waals surface area contributed by atoms with Gasteiger partial charge in [-0.3, -0.25) is 4.98 Å². The molecule has 2 aliphatic heterocycles. The molecule has 0 spiro atoms. The minimum absolute atomic E-state index is 0.105. The van der Waals surface area contributed by atoms with E-state index in [1.807, 2.05) is 12.3 Å². The van der Waals surface area contributed by atoms with Crippen molar-refractivity contribution in [2.45, 2.75) is 45.3 Å². The van der Waals surface area contributed by atoms with E-state index < -0.39 is 0 Å². The summed E-state index contributed by atoms with van der Waals surface area (Å²) in [7, 11) is 1.66. The summed E-state index contributed by atoms with van der Waals surface area (Å²) in [4.78, 5) is 7.04. The Morgan fingerprint density at radius 1 is 1.16 bits per heavy atom. The summed E-state index contributed by atoms with van der Waals surface area (Å²) >= 11 is 0. The first-order valence-corrected chi connectivity index (χ1v) is 12.0. The van der Waals surface area contributed by atoms with E-state index in [1.165, 1.54) is 18.5 Å². The first-order valence-electron chi connectivity index (χ1n) is 12.0. The van der Waals surface area contributed by atoms with Crippen molar-refractivity contribution in [3.63, 3.8) is 0 Å². The molecule has 7 nitrogen and oxygen atoms in total. The predicted molar refractivity (Wildman–Crippen MR) is 126 cm³/mol. The Labute approximate surface area is 191 Å². The van der Waals surface area contributed by atoms with Gasteiger partial charge in [-0.05, 0) is 62.6 Å². The molecule has 0 radical (unpaired) electrons. The zero-order valence-electron chi connectivity index (χ0n) is 19.4. The maximum atomic E-state index is 6.07. The van der Waals surface area contributed by atoms with Gasteiger partial charge in [-0.2, -0.15) is 0 Å². The van der Waals surface area contributed by atoms with Gasteiger partial charge in [0.25, 0.3) is 0 Å². The van der Waals surface area contributed by atoms with Gasteiger partial charge in [-0.25, -0.2) is 0 Å². The number of aromatic nitrogens is 1. The van der Waals surface area contributed by atoms with Crippen LogP contribution in [0.3, 0.4) is 0 Å². The van der Waals surface area contributed by atoms with Crippen LogP contribution in [0.15, 0.2) is 24.4 Å². The van der Waals surface area contributed by atoms with Crippen LogP contribution in [0.25, 0.3) is 10.9 Å². The lowest BCUT2D eigenvalue weighted by molar-refractivity contribution is -0.165. The molecular formula is C25H37N3O4. The highest BCUT2D eigenvalue weighted by molar-refractivity contribution is 5.94. The molecule has 1 aromatic carbocycles. The molecule has 2 N–H and O–H groups in total. The SMILES string of the molecule is COc1cc2nccc(N3CCC(C(C)CN)CC3)c2cc1OCCO[C@@H]1CCCCO1. The Bertz CT molecular complexity index is 864. The van der Waals surface area contributed by atoms with Crippen LogP contribution in [0.2, 0.25) is 0 Å². The van der Waals surface area contributed by atoms with Crippen molar-refractivity contribution in [1.82, 2.24) is 4.98 Å². The van der Waals surface area contributed by atoms with Crippen molar-refractivity contribution in [1.29, 1.82) is 0 Å². The molecule has 1 unspecified atom stereocenters. The van der Waals surface area contributed by atoms with Crippen LogP contribution in [-0.4, -0.2) is 57.8 Å². The number of rotatable bonds is 9. The number of methoxy groups -OCH3 is 1. The summed E-state index contributed by atoms with van der Waals surface area (Å²) < 4.78 is 23.1. The van der Waals surface area contributed by atoms with Crippen molar-refractivity contribution in [2.75, 3.05) is 51.5 Å². The molecule has 2 atom stereocenters. The number of hydrogen-bond acceptors (Lipinski definition) is 7. The first-order chi connectivity index (χ1) is 15.7. The number of hydrogen-bond donors (Lipinski definition) is 1. The van der Waals surface area contributed by atoms with Crippen molar-refractivity contribution < 1.29 is 18.9 Å². The zero-order valence-corrected chi connectivity index (χ0v) is 19.4. The average Bonchev–Trinajstić information content (AvgIpc) is 2.86. The van der Waals surface area contributed by atoms with Crippen molar-refractivity contribution in [3.8, 4) is 11.5 Å². The van der Waals surface area contributed by atoms with E-state index in [0.29, 0.717) is 36.5 Å². The van der Waals surface area contributed by atoms with Crippen molar-refractivity contribution >= 4 is 16.6 Å². The van der Waals surface area contributed by atoms with E-state index in [1.54, 1.807) is 7.11 Å². The highest BCUT2D eigenvalue weighted by atomic mass is 16.7. The number of pyridine rings is 1. The van der Waals surface area contributed by atoms with Gasteiger partial charge < -0.3 is 29.6 Å². The fourth-order valence-electron chi connectivity index (χ4n) is 4.76. The third kappa shape index (κ3) is 5.45. The Morgan fingerprint density at radius 2 is 2.00 bits per heavy atom. The number of piperidine rings is 1. The summed E-state index contributed by atoms with van der Waals surface area (Å²) in [5.41, 5.74) is 8.01. The molecule has 0 amide bonds. The molecule has 2 aliphatic rings. The monoisotopic (exact) mass is 443 g/mol. The Morgan fingerprint density at radius 3 is 2.72 bits per heavy atom. The summed E-state index contributed by atoms with van der Waals surface area (Å²) in [6, 6.07) is 6.12. The summed E-state index contributed by atoms with van der Waals surface area (Å²) in [6.45, 7) is 6.81. The van der Waals surface area contributed by atoms with Gasteiger partial charge in [-0.15, -0.1) is 0 Å². The van der Waals surface area contributed by atoms with E-state index in [9.17, 15) is 0 Å². The third-order valence-corrected chi connectivity index (χ3v) is 6.84. The van der Waals surface area contributed by atoms with Crippen LogP contribution in [0.1, 0.15) is 39.0 Å². The van der Waals surface area contributed by atoms with Crippen molar-refractivity contribution in [3.05, 3.63) is 24.4 Å². The number of anilines is 1. The molecule has 0 bridgehead atoms. The van der Waals surface area contributed by atoms with Gasteiger partial charge in [-0.1, -0.05) is 6.92 Å². The number of benzene rings is 1. The molecule has 32 heavy (non-hydrogen) atoms. The zero-order chi connectivity index (χ0) is 22.3. The average molecular weight is 444 g/mol. The Kier molecular flexibility index (Phi) is 8.05. The van der Waals surface area contributed by atoms with Gasteiger partial charge in [0.15, 0.2) is 17.8 Å². The molecule has 0 aliphatic carbocycles. The Balaban J connectivity index is 1.45. The maximum Gasteiger partial charge on any atom is 0.162 e. The highest BCUT2D eigenvalue weighted by Gasteiger charge is 2.24. The van der Waals surface area contributed by atoms with Gasteiger partial charge in [0.05, 0.1) is 19.2 Å². The predicted octanol–water partition coefficient (Wildman–Crippen LogP) is 3.98. The number of nitrogens with two attached hydrogens (primary N) is 1. The van der Waals surface area contributed by atoms with Crippen LogP contribution >= 0.6 is 0 Å². The molecule has 2 saturated heterocycles. The first kappa shape index (κ1) is 23.1. The fraction of sp³-hybridized carbons (Fsp3) is 0.640. The highest BCUT2D eigenvalue weighted by Crippen LogP contribution is 2.37. The molecule has 2 aromatic rings. The lowest BCUT2D eigenvalue weighted by atomic mass is 9.85. The van der Waals surface area contributed by atoms with E-state index in [-0.39, 0.29) is 6.29 Å². The Hall–Kier alpha value is -2.09. The van der Waals surface area contributed by atoms with Crippen LogP contribution in [-0.2, 0) is 9.47 Å². The summed E-state index contributed by atoms with van der Waals surface area (Å²) in [5, 5.41) is 1.09. The molecule has 7 heteroatoms. The number of ether oxygens (including phenoxy) is 4. The van der Waals surface area contributed by atoms with Crippen LogP contribution < -0.4 is 20.1 Å². The van der Waals surface area contributed by atoms with Gasteiger partial charge in [0, 0.05) is 43.0 Å². The molecule has 2 fully saturated rings. The van der Waals surface area contributed by atoms with Crippen LogP contribution in [0, 0.1) is 11.8 Å². The van der Waals surface area contributed by atoms with Gasteiger partial charge in [0.1, 0.15) is 6.61 Å².